The van der Waals surface area contributed by atoms with Crippen molar-refractivity contribution in [1.82, 2.24) is 28.7 Å². The number of pyridine rings is 1. The molecule has 2 aliphatic heterocycles. The Labute approximate surface area is 210 Å². The predicted octanol–water partition coefficient (Wildman–Crippen LogP) is 2.09. The topological polar surface area (TPSA) is 104 Å². The number of hydroxylamine groups is 2. The number of nitrogens with zero attached hydrogens (tertiary/aromatic N) is 6. The summed E-state index contributed by atoms with van der Waals surface area (Å²) in [6.45, 7) is 5.87. The summed E-state index contributed by atoms with van der Waals surface area (Å²) in [7, 11) is 1.48. The standard InChI is InChI=1S/C23H28N6O4S2/c1-13(2)11-28-21-17(19(30)26(3)23(28)32)16(20(31)29-9-6-10-33-29)15(35-21)12-27-18-14(7-5-8-24-18)25-22(27)34-4/h5,7-8,13,15-16H,6,9-12H2,1-4H3. The summed E-state index contributed by atoms with van der Waals surface area (Å²) in [5.74, 6) is -0.801. The lowest BCUT2D eigenvalue weighted by atomic mass is 9.96. The minimum absolute atomic E-state index is 0.190. The lowest BCUT2D eigenvalue weighted by Gasteiger charge is -2.24. The zero-order chi connectivity index (χ0) is 24.9. The predicted molar refractivity (Wildman–Crippen MR) is 135 cm³/mol. The first-order chi connectivity index (χ1) is 16.8. The van der Waals surface area contributed by atoms with Gasteiger partial charge in [-0.05, 0) is 30.7 Å². The average molecular weight is 517 g/mol. The highest BCUT2D eigenvalue weighted by Gasteiger charge is 2.46. The average Bonchev–Trinajstić information content (AvgIpc) is 3.58. The summed E-state index contributed by atoms with van der Waals surface area (Å²) in [5.41, 5.74) is 1.10. The molecule has 0 N–H and O–H groups in total. The number of carbonyl (C=O) groups is 1. The Morgan fingerprint density at radius 3 is 2.80 bits per heavy atom. The van der Waals surface area contributed by atoms with E-state index in [0.29, 0.717) is 36.8 Å². The minimum atomic E-state index is -0.748. The number of fused-ring (bicyclic) bond motifs is 2. The van der Waals surface area contributed by atoms with E-state index in [2.05, 4.69) is 9.97 Å². The van der Waals surface area contributed by atoms with Gasteiger partial charge in [-0.15, -0.1) is 11.8 Å². The molecule has 1 saturated heterocycles. The number of hydrogen-bond donors (Lipinski definition) is 0. The summed E-state index contributed by atoms with van der Waals surface area (Å²) >= 11 is 2.93. The maximum Gasteiger partial charge on any atom is 0.331 e. The molecule has 0 saturated carbocycles. The largest absolute Gasteiger partial charge is 0.331 e. The van der Waals surface area contributed by atoms with Gasteiger partial charge in [-0.25, -0.2) is 19.8 Å². The lowest BCUT2D eigenvalue weighted by Crippen LogP contribution is -2.44. The molecule has 35 heavy (non-hydrogen) atoms. The molecule has 1 fully saturated rings. The number of amides is 1. The molecule has 0 spiro atoms. The summed E-state index contributed by atoms with van der Waals surface area (Å²) in [4.78, 5) is 55.1. The van der Waals surface area contributed by atoms with Crippen LogP contribution in [0, 0.1) is 5.92 Å². The van der Waals surface area contributed by atoms with E-state index < -0.39 is 11.5 Å². The van der Waals surface area contributed by atoms with Crippen LogP contribution in [0.4, 0.5) is 0 Å². The van der Waals surface area contributed by atoms with Crippen LogP contribution >= 0.6 is 23.5 Å². The second kappa shape index (κ2) is 9.47. The molecular formula is C23H28N6O4S2. The van der Waals surface area contributed by atoms with Gasteiger partial charge in [-0.3, -0.25) is 23.6 Å². The fourth-order valence-corrected chi connectivity index (χ4v) is 6.82. The Kier molecular flexibility index (Phi) is 6.53. The van der Waals surface area contributed by atoms with Gasteiger partial charge in [0.05, 0.1) is 29.7 Å². The van der Waals surface area contributed by atoms with Gasteiger partial charge in [0.1, 0.15) is 5.52 Å². The van der Waals surface area contributed by atoms with Crippen molar-refractivity contribution in [2.45, 2.75) is 54.7 Å². The fourth-order valence-electron chi connectivity index (χ4n) is 4.73. The SMILES string of the molecule is CSc1nc2cccnc2n1CC1Sc2c(c(=O)n(C)c(=O)n2CC(C)C)C1C(=O)N1CCCO1. The number of carbonyl (C=O) groups excluding carboxylic acids is 1. The normalized spacial score (nSPS) is 19.7. The highest BCUT2D eigenvalue weighted by molar-refractivity contribution is 8.00. The molecule has 1 amide bonds. The van der Waals surface area contributed by atoms with E-state index in [4.69, 9.17) is 4.84 Å². The van der Waals surface area contributed by atoms with Crippen molar-refractivity contribution in [3.63, 3.8) is 0 Å². The maximum atomic E-state index is 13.8. The molecule has 186 valence electrons. The van der Waals surface area contributed by atoms with Crippen molar-refractivity contribution >= 4 is 40.6 Å². The van der Waals surface area contributed by atoms with Gasteiger partial charge in [0.2, 0.25) is 0 Å². The van der Waals surface area contributed by atoms with Crippen molar-refractivity contribution < 1.29 is 9.63 Å². The van der Waals surface area contributed by atoms with Crippen LogP contribution in [-0.4, -0.2) is 59.3 Å². The molecule has 0 bridgehead atoms. The Morgan fingerprint density at radius 2 is 2.11 bits per heavy atom. The van der Waals surface area contributed by atoms with Crippen molar-refractivity contribution in [2.75, 3.05) is 19.4 Å². The molecule has 0 aliphatic carbocycles. The molecule has 3 aromatic rings. The highest BCUT2D eigenvalue weighted by Crippen LogP contribution is 2.46. The Bertz CT molecular complexity index is 1410. The fraction of sp³-hybridized carbons (Fsp3) is 0.522. The molecule has 2 unspecified atom stereocenters. The molecule has 10 nitrogen and oxygen atoms in total. The van der Waals surface area contributed by atoms with Crippen LogP contribution in [0.15, 0.2) is 38.1 Å². The van der Waals surface area contributed by atoms with E-state index in [9.17, 15) is 14.4 Å². The van der Waals surface area contributed by atoms with Crippen LogP contribution in [-0.2, 0) is 29.8 Å². The third-order valence-electron chi connectivity index (χ3n) is 6.30. The first kappa shape index (κ1) is 24.1. The summed E-state index contributed by atoms with van der Waals surface area (Å²) in [5, 5.41) is 2.41. The van der Waals surface area contributed by atoms with Crippen molar-refractivity contribution in [3.8, 4) is 0 Å². The van der Waals surface area contributed by atoms with Gasteiger partial charge in [0.15, 0.2) is 10.8 Å². The number of thioether (sulfide) groups is 2. The summed E-state index contributed by atoms with van der Waals surface area (Å²) in [6, 6.07) is 3.75. The minimum Gasteiger partial charge on any atom is -0.303 e. The molecule has 2 atom stereocenters. The van der Waals surface area contributed by atoms with Gasteiger partial charge in [-0.2, -0.15) is 0 Å². The van der Waals surface area contributed by atoms with Gasteiger partial charge in [-0.1, -0.05) is 25.6 Å². The third-order valence-corrected chi connectivity index (χ3v) is 8.36. The van der Waals surface area contributed by atoms with Crippen LogP contribution in [0.1, 0.15) is 31.7 Å². The summed E-state index contributed by atoms with van der Waals surface area (Å²) in [6.07, 6.45) is 4.42. The number of hydrogen-bond acceptors (Lipinski definition) is 8. The first-order valence-electron chi connectivity index (χ1n) is 11.6. The summed E-state index contributed by atoms with van der Waals surface area (Å²) < 4.78 is 4.78. The third kappa shape index (κ3) is 4.11. The second-order valence-electron chi connectivity index (χ2n) is 9.19. The number of imidazole rings is 1. The van der Waals surface area contributed by atoms with Crippen LogP contribution in [0.3, 0.4) is 0 Å². The van der Waals surface area contributed by atoms with E-state index >= 15 is 0 Å². The van der Waals surface area contributed by atoms with Crippen LogP contribution < -0.4 is 11.2 Å². The molecule has 5 rings (SSSR count). The van der Waals surface area contributed by atoms with E-state index in [0.717, 1.165) is 27.3 Å². The zero-order valence-electron chi connectivity index (χ0n) is 20.1. The van der Waals surface area contributed by atoms with Gasteiger partial charge in [0.25, 0.3) is 11.5 Å². The molecule has 3 aromatic heterocycles. The maximum absolute atomic E-state index is 13.8. The van der Waals surface area contributed by atoms with Crippen molar-refractivity contribution in [1.29, 1.82) is 0 Å². The highest BCUT2D eigenvalue weighted by atomic mass is 32.2. The smallest absolute Gasteiger partial charge is 0.303 e. The van der Waals surface area contributed by atoms with E-state index in [1.807, 2.05) is 36.8 Å². The van der Waals surface area contributed by atoms with Gasteiger partial charge >= 0.3 is 5.69 Å². The lowest BCUT2D eigenvalue weighted by molar-refractivity contribution is -0.170. The molecule has 0 radical (unpaired) electrons. The van der Waals surface area contributed by atoms with E-state index in [1.165, 1.54) is 35.6 Å². The molecule has 5 heterocycles. The van der Waals surface area contributed by atoms with E-state index in [-0.39, 0.29) is 22.8 Å². The Morgan fingerprint density at radius 1 is 1.31 bits per heavy atom. The van der Waals surface area contributed by atoms with Crippen molar-refractivity contribution in [3.05, 3.63) is 44.7 Å². The molecule has 12 heteroatoms. The van der Waals surface area contributed by atoms with E-state index in [1.54, 1.807) is 10.8 Å². The van der Waals surface area contributed by atoms with Crippen LogP contribution in [0.25, 0.3) is 11.2 Å². The molecule has 2 aliphatic rings. The number of rotatable bonds is 6. The zero-order valence-corrected chi connectivity index (χ0v) is 21.8. The number of aromatic nitrogens is 5. The van der Waals surface area contributed by atoms with Gasteiger partial charge in [0, 0.05) is 31.6 Å². The Hall–Kier alpha value is -2.57. The second-order valence-corrected chi connectivity index (χ2v) is 11.2. The molecular weight excluding hydrogens is 488 g/mol. The first-order valence-corrected chi connectivity index (χ1v) is 13.7. The molecule has 0 aromatic carbocycles. The van der Waals surface area contributed by atoms with Crippen molar-refractivity contribution in [2.24, 2.45) is 13.0 Å². The Balaban J connectivity index is 1.66. The van der Waals surface area contributed by atoms with Crippen LogP contribution in [0.2, 0.25) is 0 Å². The van der Waals surface area contributed by atoms with Crippen LogP contribution in [0.5, 0.6) is 0 Å². The van der Waals surface area contributed by atoms with Gasteiger partial charge < -0.3 is 4.57 Å². The quantitative estimate of drug-likeness (QED) is 0.362. The monoisotopic (exact) mass is 516 g/mol.